The van der Waals surface area contributed by atoms with E-state index in [1.807, 2.05) is 37.5 Å². The van der Waals surface area contributed by atoms with Gasteiger partial charge in [0.1, 0.15) is 0 Å². The van der Waals surface area contributed by atoms with Crippen LogP contribution in [0.1, 0.15) is 29.5 Å². The molecule has 16 heteroatoms. The van der Waals surface area contributed by atoms with Crippen LogP contribution in [-0.4, -0.2) is 167 Å². The molecule has 34 heavy (non-hydrogen) atoms. The van der Waals surface area contributed by atoms with Gasteiger partial charge in [-0.25, -0.2) is 9.59 Å². The number of carboxylic acids is 4. The Labute approximate surface area is 292 Å². The maximum Gasteiger partial charge on any atom is 2.00 e. The fourth-order valence-electron chi connectivity index (χ4n) is 1.61. The molecule has 0 radical (unpaired) electrons. The fourth-order valence-corrected chi connectivity index (χ4v) is 6.40. The number of rotatable bonds is 12. The SMILES string of the molecule is CC(=O)[O-].CC(=O)[O-].CSCCC(SC)(SC)C(=O)O.CSCCC(SC)(SC)C(=O)O.[Ca+2].[Ca+2].[H-].[H-]. The number of aliphatic carboxylic acids is 4. The number of hydrogen-bond acceptors (Lipinski definition) is 12. The smallest absolute Gasteiger partial charge is 1.00 e. The normalized spacial score (nSPS) is 9.65. The summed E-state index contributed by atoms with van der Waals surface area (Å²) in [6.45, 7) is 1.94. The summed E-state index contributed by atoms with van der Waals surface area (Å²) in [4.78, 5) is 39.7. The first-order valence-corrected chi connectivity index (χ1v) is 16.4. The fraction of sp³-hybridized carbons (Fsp3) is 0.778. The molecule has 0 aliphatic rings. The van der Waals surface area contributed by atoms with Crippen LogP contribution in [0.5, 0.6) is 0 Å². The number of carboxylic acid groups (broad SMARTS) is 4. The van der Waals surface area contributed by atoms with E-state index in [2.05, 4.69) is 0 Å². The van der Waals surface area contributed by atoms with Crippen molar-refractivity contribution in [1.82, 2.24) is 0 Å². The van der Waals surface area contributed by atoms with E-state index in [0.717, 1.165) is 25.4 Å². The molecule has 196 valence electrons. The molecule has 0 aromatic rings. The third-order valence-electron chi connectivity index (χ3n) is 3.24. The van der Waals surface area contributed by atoms with E-state index in [4.69, 9.17) is 30.0 Å². The van der Waals surface area contributed by atoms with Gasteiger partial charge < -0.3 is 32.9 Å². The topological polar surface area (TPSA) is 155 Å². The van der Waals surface area contributed by atoms with Crippen LogP contribution in [0.2, 0.25) is 0 Å². The van der Waals surface area contributed by atoms with E-state index < -0.39 is 32.0 Å². The van der Waals surface area contributed by atoms with Crippen molar-refractivity contribution < 1.29 is 42.5 Å². The van der Waals surface area contributed by atoms with Gasteiger partial charge in [-0.05, 0) is 75.7 Å². The molecule has 8 nitrogen and oxygen atoms in total. The van der Waals surface area contributed by atoms with Crippen LogP contribution in [0.4, 0.5) is 0 Å². The van der Waals surface area contributed by atoms with Gasteiger partial charge in [0.2, 0.25) is 0 Å². The Balaban J connectivity index is -0.0000000515. The van der Waals surface area contributed by atoms with Crippen LogP contribution in [0.25, 0.3) is 0 Å². The van der Waals surface area contributed by atoms with Gasteiger partial charge in [0.15, 0.2) is 8.16 Å². The second-order valence-electron chi connectivity index (χ2n) is 5.40. The Morgan fingerprint density at radius 2 is 0.824 bits per heavy atom. The molecule has 0 aliphatic carbocycles. The minimum Gasteiger partial charge on any atom is -1.00 e. The summed E-state index contributed by atoms with van der Waals surface area (Å²) >= 11 is 9.04. The molecule has 0 bridgehead atoms. The van der Waals surface area contributed by atoms with E-state index in [-0.39, 0.29) is 78.3 Å². The summed E-state index contributed by atoms with van der Waals surface area (Å²) in [5.74, 6) is -1.80. The van der Waals surface area contributed by atoms with Crippen molar-refractivity contribution in [3.05, 3.63) is 0 Å². The molecule has 0 aromatic carbocycles. The molecule has 0 heterocycles. The van der Waals surface area contributed by atoms with E-state index in [9.17, 15) is 9.59 Å². The second kappa shape index (κ2) is 31.7. The van der Waals surface area contributed by atoms with Crippen molar-refractivity contribution >= 4 is 170 Å². The summed E-state index contributed by atoms with van der Waals surface area (Å²) in [7, 11) is 0. The molecule has 0 spiro atoms. The Morgan fingerprint density at radius 1 is 0.647 bits per heavy atom. The van der Waals surface area contributed by atoms with Crippen LogP contribution in [0.3, 0.4) is 0 Å². The Kier molecular flexibility index (Phi) is 46.1. The standard InChI is InChI=1S/2C7H14O2S3.2C2H4O2.2Ca.2H/c2*1-10-5-4-7(11-2,12-3)6(8)9;2*1-2(3)4;;;;/h2*4-5H2,1-3H3,(H,8,9);2*1H3,(H,3,4);;;;/q;;;;2*+2;2*-1/p-2. The average molecular weight is 653 g/mol. The largest absolute Gasteiger partial charge is 2.00 e. The number of thioether (sulfide) groups is 6. The van der Waals surface area contributed by atoms with Gasteiger partial charge in [-0.2, -0.15) is 23.5 Å². The number of carbonyl (C=O) groups is 4. The van der Waals surface area contributed by atoms with Crippen molar-refractivity contribution in [3.63, 3.8) is 0 Å². The van der Waals surface area contributed by atoms with Crippen LogP contribution < -0.4 is 10.2 Å². The third-order valence-corrected chi connectivity index (χ3v) is 10.6. The first kappa shape index (κ1) is 49.4. The van der Waals surface area contributed by atoms with Crippen molar-refractivity contribution in [2.24, 2.45) is 0 Å². The quantitative estimate of drug-likeness (QED) is 0.231. The van der Waals surface area contributed by atoms with Crippen LogP contribution >= 0.6 is 70.6 Å². The van der Waals surface area contributed by atoms with Gasteiger partial charge in [0.25, 0.3) is 0 Å². The maximum absolute atomic E-state index is 10.9. The Morgan fingerprint density at radius 3 is 0.912 bits per heavy atom. The monoisotopic (exact) mass is 652 g/mol. The van der Waals surface area contributed by atoms with Crippen molar-refractivity contribution in [3.8, 4) is 0 Å². The predicted molar refractivity (Wildman–Crippen MR) is 156 cm³/mol. The Hall–Kier alpha value is 2.50. The van der Waals surface area contributed by atoms with E-state index in [1.165, 1.54) is 47.0 Å². The molecule has 0 unspecified atom stereocenters. The van der Waals surface area contributed by atoms with E-state index in [0.29, 0.717) is 12.8 Å². The third kappa shape index (κ3) is 29.1. The number of carbonyl (C=O) groups excluding carboxylic acids is 2. The summed E-state index contributed by atoms with van der Waals surface area (Å²) in [6.07, 6.45) is 12.8. The summed E-state index contributed by atoms with van der Waals surface area (Å²) in [5.41, 5.74) is 0. The minimum absolute atomic E-state index is 0. The minimum atomic E-state index is -1.08. The van der Waals surface area contributed by atoms with Gasteiger partial charge in [-0.1, -0.05) is 0 Å². The first-order chi connectivity index (χ1) is 14.7. The zero-order chi connectivity index (χ0) is 26.4. The van der Waals surface area contributed by atoms with Crippen LogP contribution in [0.15, 0.2) is 0 Å². The maximum atomic E-state index is 10.9. The van der Waals surface area contributed by atoms with Gasteiger partial charge in [0.05, 0.1) is 0 Å². The molecular weight excluding hydrogens is 617 g/mol. The van der Waals surface area contributed by atoms with Crippen molar-refractivity contribution in [2.75, 3.05) is 49.0 Å². The molecule has 0 aliphatic heterocycles. The molecule has 0 fully saturated rings. The van der Waals surface area contributed by atoms with Gasteiger partial charge in [-0.15, -0.1) is 47.0 Å². The molecular formula is C18H36Ca2O8S6. The van der Waals surface area contributed by atoms with Gasteiger partial charge in [0, 0.05) is 11.9 Å². The Bertz CT molecular complexity index is 494. The van der Waals surface area contributed by atoms with Gasteiger partial charge in [-0.3, -0.25) is 0 Å². The molecule has 0 saturated carbocycles. The second-order valence-corrected chi connectivity index (χ2v) is 12.3. The summed E-state index contributed by atoms with van der Waals surface area (Å²) in [5, 5.41) is 35.8. The molecule has 0 rings (SSSR count). The molecule has 0 amide bonds. The average Bonchev–Trinajstić information content (AvgIpc) is 2.69. The van der Waals surface area contributed by atoms with E-state index >= 15 is 0 Å². The number of hydrogen-bond donors (Lipinski definition) is 2. The zero-order valence-electron chi connectivity index (χ0n) is 23.0. The van der Waals surface area contributed by atoms with Crippen molar-refractivity contribution in [2.45, 2.75) is 34.8 Å². The molecule has 0 saturated heterocycles. The van der Waals surface area contributed by atoms with Crippen molar-refractivity contribution in [1.29, 1.82) is 0 Å². The summed E-state index contributed by atoms with van der Waals surface area (Å²) in [6, 6.07) is 0. The van der Waals surface area contributed by atoms with Crippen LogP contribution in [0, 0.1) is 0 Å². The first-order valence-electron chi connectivity index (χ1n) is 8.72. The van der Waals surface area contributed by atoms with E-state index in [1.54, 1.807) is 23.5 Å². The zero-order valence-corrected chi connectivity index (χ0v) is 30.4. The molecule has 2 N–H and O–H groups in total. The molecule has 0 atom stereocenters. The summed E-state index contributed by atoms with van der Waals surface area (Å²) < 4.78 is -1.27. The molecule has 0 aromatic heterocycles. The van der Waals surface area contributed by atoms with Gasteiger partial charge >= 0.3 is 87.4 Å². The van der Waals surface area contributed by atoms with Crippen LogP contribution in [-0.2, 0) is 19.2 Å². The predicted octanol–water partition coefficient (Wildman–Crippen LogP) is 1.47.